The summed E-state index contributed by atoms with van der Waals surface area (Å²) in [5, 5.41) is 11.0. The van der Waals surface area contributed by atoms with Crippen LogP contribution in [-0.4, -0.2) is 42.5 Å². The molecular weight excluding hydrogens is 1210 g/mol. The van der Waals surface area contributed by atoms with Crippen molar-refractivity contribution < 1.29 is 0 Å². The molecule has 0 bridgehead atoms. The first-order valence-electron chi connectivity index (χ1n) is 33.6. The summed E-state index contributed by atoms with van der Waals surface area (Å²) in [7, 11) is 0. The van der Waals surface area contributed by atoms with Crippen LogP contribution in [0.3, 0.4) is 0 Å². The minimum Gasteiger partial charge on any atom is -0.356 e. The summed E-state index contributed by atoms with van der Waals surface area (Å²) in [5.74, 6) is 2.69. The molecular formula is C86H63B2N11. The Morgan fingerprint density at radius 1 is 0.333 bits per heavy atom. The van der Waals surface area contributed by atoms with Gasteiger partial charge >= 0.3 is 0 Å². The molecule has 3 N–H and O–H groups in total. The lowest BCUT2D eigenvalue weighted by atomic mass is 9.33. The molecule has 0 atom stereocenters. The van der Waals surface area contributed by atoms with Gasteiger partial charge in [0.1, 0.15) is 17.5 Å². The Morgan fingerprint density at radius 3 is 1.37 bits per heavy atom. The fourth-order valence-electron chi connectivity index (χ4n) is 15.0. The van der Waals surface area contributed by atoms with E-state index in [9.17, 15) is 0 Å². The monoisotopic (exact) mass is 1270 g/mol. The summed E-state index contributed by atoms with van der Waals surface area (Å²) < 4.78 is 4.56. The van der Waals surface area contributed by atoms with Crippen molar-refractivity contribution in [3.05, 3.63) is 351 Å². The molecule has 99 heavy (non-hydrogen) atoms. The Balaban J connectivity index is 0.000000143. The summed E-state index contributed by atoms with van der Waals surface area (Å²) in [4.78, 5) is 23.8. The largest absolute Gasteiger partial charge is 0.356 e. The van der Waals surface area contributed by atoms with Crippen LogP contribution in [0.4, 0.5) is 57.0 Å². The summed E-state index contributed by atoms with van der Waals surface area (Å²) in [6.07, 6.45) is 5.33. The van der Waals surface area contributed by atoms with Crippen molar-refractivity contribution in [2.24, 2.45) is 0 Å². The molecule has 4 aliphatic rings. The second-order valence-electron chi connectivity index (χ2n) is 25.2. The van der Waals surface area contributed by atoms with E-state index in [4.69, 9.17) is 9.97 Å². The molecule has 0 amide bonds. The van der Waals surface area contributed by atoms with Crippen LogP contribution >= 0.6 is 0 Å². The van der Waals surface area contributed by atoms with Gasteiger partial charge < -0.3 is 25.8 Å². The van der Waals surface area contributed by atoms with Crippen LogP contribution in [0.1, 0.15) is 11.1 Å². The van der Waals surface area contributed by atoms with Crippen molar-refractivity contribution in [3.8, 4) is 34.2 Å². The lowest BCUT2D eigenvalue weighted by Crippen LogP contribution is -2.62. The van der Waals surface area contributed by atoms with E-state index in [1.165, 1.54) is 72.3 Å². The van der Waals surface area contributed by atoms with Crippen LogP contribution < -0.4 is 58.5 Å². The zero-order chi connectivity index (χ0) is 65.6. The van der Waals surface area contributed by atoms with Crippen LogP contribution in [0, 0.1) is 0 Å². The van der Waals surface area contributed by atoms with Gasteiger partial charge in [-0.15, -0.1) is 0 Å². The van der Waals surface area contributed by atoms with Crippen molar-refractivity contribution in [1.82, 2.24) is 29.1 Å². The minimum absolute atomic E-state index is 0.0415. The van der Waals surface area contributed by atoms with Crippen LogP contribution in [0.15, 0.2) is 340 Å². The molecule has 4 aromatic heterocycles. The zero-order valence-corrected chi connectivity index (χ0v) is 54.0. The first-order valence-corrected chi connectivity index (χ1v) is 33.6. The number of nitrogens with zero attached hydrogens (tertiary/aromatic N) is 8. The number of fused-ring (bicyclic) bond motifs is 10. The topological polar surface area (TPSA) is 104 Å². The highest BCUT2D eigenvalue weighted by Crippen LogP contribution is 2.42. The quantitative estimate of drug-likeness (QED) is 0.116. The SMILES string of the molecule is c1ccc(-n2c(-c3ccc4c(c3)B3c5ccccc5Nc5cccc(c53)N4)nc3ccccc32)cc1.c1ccc(CN2c3ccc(Nc4ccccn4)cc3B3c4cc(-c5nc6ccccc6n5-c5ccccc5)ccc4N(Cc4ccccc4)c4cccc2c43)cc1.c1ccncc1. The van der Waals surface area contributed by atoms with Crippen LogP contribution in [-0.2, 0) is 13.1 Å². The fourth-order valence-corrected chi connectivity index (χ4v) is 15.0. The van der Waals surface area contributed by atoms with E-state index in [-0.39, 0.29) is 13.4 Å². The third kappa shape index (κ3) is 10.8. The average Bonchev–Trinajstić information content (AvgIpc) is 1.73. The zero-order valence-electron chi connectivity index (χ0n) is 54.0. The van der Waals surface area contributed by atoms with Gasteiger partial charge in [0.2, 0.25) is 0 Å². The van der Waals surface area contributed by atoms with Crippen LogP contribution in [0.5, 0.6) is 0 Å². The van der Waals surface area contributed by atoms with Crippen LogP contribution in [0.2, 0.25) is 0 Å². The summed E-state index contributed by atoms with van der Waals surface area (Å²) in [5.41, 5.74) is 29.2. The first kappa shape index (κ1) is 58.6. The molecule has 0 saturated carbocycles. The molecule has 0 spiro atoms. The molecule has 0 saturated heterocycles. The van der Waals surface area contributed by atoms with Crippen molar-refractivity contribution in [1.29, 1.82) is 0 Å². The van der Waals surface area contributed by atoms with Crippen molar-refractivity contribution in [2.75, 3.05) is 25.8 Å². The molecule has 468 valence electrons. The summed E-state index contributed by atoms with van der Waals surface area (Å²) in [6, 6.07) is 114. The normalized spacial score (nSPS) is 12.4. The molecule has 0 unspecified atom stereocenters. The number of imidazole rings is 2. The van der Waals surface area contributed by atoms with E-state index in [0.717, 1.165) is 97.9 Å². The summed E-state index contributed by atoms with van der Waals surface area (Å²) in [6.45, 7) is 1.60. The molecule has 13 heteroatoms. The third-order valence-electron chi connectivity index (χ3n) is 19.3. The molecule has 11 nitrogen and oxygen atoms in total. The highest BCUT2D eigenvalue weighted by atomic mass is 15.2. The van der Waals surface area contributed by atoms with E-state index in [2.05, 4.69) is 330 Å². The number of nitrogens with one attached hydrogen (secondary N) is 3. The lowest BCUT2D eigenvalue weighted by molar-refractivity contribution is 0.961. The second-order valence-corrected chi connectivity index (χ2v) is 25.2. The fraction of sp³-hybridized carbons (Fsp3) is 0.0233. The van der Waals surface area contributed by atoms with Crippen molar-refractivity contribution in [3.63, 3.8) is 0 Å². The van der Waals surface area contributed by atoms with Gasteiger partial charge in [-0.1, -0.05) is 176 Å². The van der Waals surface area contributed by atoms with Gasteiger partial charge in [0.05, 0.1) is 22.1 Å². The first-order chi connectivity index (χ1) is 49.1. The molecule has 0 radical (unpaired) electrons. The molecule has 20 rings (SSSR count). The lowest BCUT2D eigenvalue weighted by Gasteiger charge is -2.44. The average molecular weight is 1270 g/mol. The van der Waals surface area contributed by atoms with E-state index in [1.807, 2.05) is 42.6 Å². The Labute approximate surface area is 575 Å². The number of rotatable bonds is 10. The molecule has 8 heterocycles. The van der Waals surface area contributed by atoms with E-state index >= 15 is 0 Å². The predicted octanol–water partition coefficient (Wildman–Crippen LogP) is 16.1. The minimum atomic E-state index is -0.0415. The van der Waals surface area contributed by atoms with E-state index < -0.39 is 0 Å². The van der Waals surface area contributed by atoms with Crippen molar-refractivity contribution >= 4 is 125 Å². The van der Waals surface area contributed by atoms with Gasteiger partial charge in [-0.05, 0) is 189 Å². The predicted molar refractivity (Wildman–Crippen MR) is 411 cm³/mol. The molecule has 12 aromatic carbocycles. The maximum atomic E-state index is 5.31. The number of hydrogen-bond donors (Lipinski definition) is 3. The molecule has 0 aliphatic carbocycles. The number of benzene rings is 12. The smallest absolute Gasteiger partial charge is 0.252 e. The van der Waals surface area contributed by atoms with Gasteiger partial charge in [-0.2, -0.15) is 0 Å². The third-order valence-corrected chi connectivity index (χ3v) is 19.3. The molecule has 4 aliphatic heterocycles. The Kier molecular flexibility index (Phi) is 15.0. The Bertz CT molecular complexity index is 5580. The maximum Gasteiger partial charge on any atom is 0.252 e. The molecule has 16 aromatic rings. The van der Waals surface area contributed by atoms with Gasteiger partial charge in [-0.3, -0.25) is 14.1 Å². The van der Waals surface area contributed by atoms with Gasteiger partial charge in [-0.25, -0.2) is 15.0 Å². The van der Waals surface area contributed by atoms with Crippen LogP contribution in [0.25, 0.3) is 56.2 Å². The van der Waals surface area contributed by atoms with E-state index in [1.54, 1.807) is 12.4 Å². The highest BCUT2D eigenvalue weighted by Gasteiger charge is 2.43. The highest BCUT2D eigenvalue weighted by molar-refractivity contribution is 7.01. The van der Waals surface area contributed by atoms with Gasteiger partial charge in [0.15, 0.2) is 0 Å². The van der Waals surface area contributed by atoms with Crippen molar-refractivity contribution in [2.45, 2.75) is 13.1 Å². The van der Waals surface area contributed by atoms with Gasteiger partial charge in [0, 0.05) is 105 Å². The Morgan fingerprint density at radius 2 is 0.798 bits per heavy atom. The number of pyridine rings is 2. The number of aromatic nitrogens is 6. The summed E-state index contributed by atoms with van der Waals surface area (Å²) >= 11 is 0. The molecule has 0 fully saturated rings. The number of hydrogen-bond acceptors (Lipinski definition) is 9. The Hall–Kier alpha value is -13.0. The number of para-hydroxylation sites is 7. The standard InChI is InChI=1S/C50H37BN6.C31H21BN4.C5H5N/c1-4-15-35(16-5-1)33-55-43-28-26-37(50-54-42-21-10-11-22-45(42)57(50)39-19-8-3-9-20-39)31-40(43)51-41-32-38(53-48-25-12-13-30-52-48)27-29-44(41)56(34-36-17-6-2-7-18-36)47-24-14-23-46(55)49(47)51;1-2-9-21(10-3-1)36-29-16-7-6-13-26(29)35-31(36)20-17-18-25-23(19-20)32-22-11-4-5-12-24(22)33-27-14-8-15-28(34-25)30(27)32;1-2-4-6-5-3-1/h1-32H,33-34H2,(H,52,53);1-19,33-34H;1-5H. The second kappa shape index (κ2) is 25.3. The van der Waals surface area contributed by atoms with Gasteiger partial charge in [0.25, 0.3) is 13.4 Å². The maximum absolute atomic E-state index is 5.31. The van der Waals surface area contributed by atoms with E-state index in [0.29, 0.717) is 0 Å². The number of anilines is 10.